The molecule has 0 spiro atoms. The molecule has 0 unspecified atom stereocenters. The zero-order valence-electron chi connectivity index (χ0n) is 28.4. The zero-order valence-corrected chi connectivity index (χ0v) is 28.4. The van der Waals surface area contributed by atoms with Gasteiger partial charge in [0.1, 0.15) is 23.9 Å². The molecular formula is C36H50N4O5. The Hall–Kier alpha value is -3.85. The van der Waals surface area contributed by atoms with Crippen molar-refractivity contribution in [3.05, 3.63) is 60.0 Å². The molecule has 0 aliphatic carbocycles. The quantitative estimate of drug-likeness (QED) is 0.165. The van der Waals surface area contributed by atoms with Crippen LogP contribution in [0.5, 0.6) is 11.5 Å². The third kappa shape index (κ3) is 9.33. The van der Waals surface area contributed by atoms with Crippen molar-refractivity contribution in [1.29, 1.82) is 0 Å². The molecule has 0 bridgehead atoms. The van der Waals surface area contributed by atoms with E-state index in [1.807, 2.05) is 90.3 Å². The lowest BCUT2D eigenvalue weighted by Crippen LogP contribution is -2.39. The Morgan fingerprint density at radius 3 is 2.24 bits per heavy atom. The van der Waals surface area contributed by atoms with Gasteiger partial charge >= 0.3 is 5.97 Å². The number of carbonyl (C=O) groups is 1. The summed E-state index contributed by atoms with van der Waals surface area (Å²) in [6.07, 6.45) is 4.62. The van der Waals surface area contributed by atoms with E-state index < -0.39 is 17.7 Å². The van der Waals surface area contributed by atoms with E-state index in [0.717, 1.165) is 71.3 Å². The molecule has 1 aliphatic rings. The average Bonchev–Trinajstić information content (AvgIpc) is 2.98. The maximum Gasteiger partial charge on any atom is 0.340 e. The monoisotopic (exact) mass is 618 g/mol. The number of anilines is 2. The number of carbonyl (C=O) groups excluding carboxylic acids is 1. The lowest BCUT2D eigenvalue weighted by atomic mass is 9.82. The van der Waals surface area contributed by atoms with E-state index >= 15 is 0 Å². The Morgan fingerprint density at radius 2 is 1.67 bits per heavy atom. The molecule has 2 aromatic heterocycles. The van der Waals surface area contributed by atoms with Crippen LogP contribution in [0.25, 0.3) is 11.1 Å². The van der Waals surface area contributed by atoms with Crippen LogP contribution < -0.4 is 19.7 Å². The predicted molar refractivity (Wildman–Crippen MR) is 179 cm³/mol. The maximum atomic E-state index is 13.6. The molecule has 45 heavy (non-hydrogen) atoms. The summed E-state index contributed by atoms with van der Waals surface area (Å²) in [7, 11) is 1.64. The van der Waals surface area contributed by atoms with Crippen molar-refractivity contribution >= 4 is 17.5 Å². The maximum absolute atomic E-state index is 13.6. The fourth-order valence-electron chi connectivity index (χ4n) is 5.36. The largest absolute Gasteiger partial charge is 0.497 e. The molecule has 0 saturated carbocycles. The number of nitrogens with zero attached hydrogens (tertiary/aromatic N) is 3. The SMILES string of the molecule is COc1ccc(OCCNc2ccc(-c3cnc(C)c([C@H](OC(C)(C)C)C(=O)OC(C)C)c3N3CCC(C)(C)CC3)cn2)cc1. The number of benzene rings is 1. The number of hydrogen-bond donors (Lipinski definition) is 1. The van der Waals surface area contributed by atoms with Gasteiger partial charge in [0.2, 0.25) is 0 Å². The fraction of sp³-hybridized carbons (Fsp3) is 0.528. The number of methoxy groups -OCH3 is 1. The normalized spacial score (nSPS) is 15.5. The standard InChI is InChI=1S/C36H50N4O5/c1-24(2)44-34(41)33(45-35(4,5)6)31-25(3)38-23-29(32(31)40-19-16-36(7,8)17-20-40)26-10-15-30(39-22-26)37-18-21-43-28-13-11-27(42-9)12-14-28/h10-15,22-24,33H,16-21H2,1-9H3,(H,37,39)/t33-/m0/s1. The molecule has 9 heteroatoms. The van der Waals surface area contributed by atoms with Crippen molar-refractivity contribution in [2.45, 2.75) is 86.0 Å². The number of ether oxygens (including phenoxy) is 4. The minimum atomic E-state index is -0.926. The number of esters is 1. The molecule has 1 saturated heterocycles. The Morgan fingerprint density at radius 1 is 1.00 bits per heavy atom. The summed E-state index contributed by atoms with van der Waals surface area (Å²) in [5.41, 5.74) is 3.96. The summed E-state index contributed by atoms with van der Waals surface area (Å²) in [5, 5.41) is 3.33. The van der Waals surface area contributed by atoms with Crippen molar-refractivity contribution in [2.24, 2.45) is 5.41 Å². The van der Waals surface area contributed by atoms with Crippen molar-refractivity contribution in [3.63, 3.8) is 0 Å². The Labute approximate surface area is 268 Å². The second-order valence-electron chi connectivity index (χ2n) is 13.6. The van der Waals surface area contributed by atoms with E-state index in [4.69, 9.17) is 28.9 Å². The predicted octanol–water partition coefficient (Wildman–Crippen LogP) is 7.39. The van der Waals surface area contributed by atoms with Crippen LogP contribution in [0.4, 0.5) is 11.5 Å². The third-order valence-corrected chi connectivity index (χ3v) is 7.83. The molecule has 9 nitrogen and oxygen atoms in total. The van der Waals surface area contributed by atoms with Gasteiger partial charge in [-0.25, -0.2) is 9.78 Å². The first-order valence-electron chi connectivity index (χ1n) is 15.9. The van der Waals surface area contributed by atoms with Gasteiger partial charge in [-0.1, -0.05) is 13.8 Å². The second kappa shape index (κ2) is 14.5. The summed E-state index contributed by atoms with van der Waals surface area (Å²) >= 11 is 0. The number of pyridine rings is 2. The Bertz CT molecular complexity index is 1410. The molecular weight excluding hydrogens is 568 g/mol. The van der Waals surface area contributed by atoms with Crippen LogP contribution in [-0.4, -0.2) is 61.0 Å². The van der Waals surface area contributed by atoms with Crippen LogP contribution in [0, 0.1) is 12.3 Å². The van der Waals surface area contributed by atoms with Crippen LogP contribution in [0.3, 0.4) is 0 Å². The van der Waals surface area contributed by atoms with Crippen molar-refractivity contribution in [1.82, 2.24) is 9.97 Å². The molecule has 0 amide bonds. The number of aryl methyl sites for hydroxylation is 1. The van der Waals surface area contributed by atoms with E-state index in [2.05, 4.69) is 24.1 Å². The van der Waals surface area contributed by atoms with Crippen LogP contribution >= 0.6 is 0 Å². The highest BCUT2D eigenvalue weighted by atomic mass is 16.6. The molecule has 3 heterocycles. The van der Waals surface area contributed by atoms with Gasteiger partial charge in [0.25, 0.3) is 0 Å². The zero-order chi connectivity index (χ0) is 32.8. The minimum absolute atomic E-state index is 0.253. The van der Waals surface area contributed by atoms with E-state index in [1.165, 1.54) is 0 Å². The van der Waals surface area contributed by atoms with Crippen LogP contribution in [0.15, 0.2) is 48.8 Å². The van der Waals surface area contributed by atoms with Crippen molar-refractivity contribution < 1.29 is 23.7 Å². The van der Waals surface area contributed by atoms with Gasteiger partial charge in [-0.15, -0.1) is 0 Å². The van der Waals surface area contributed by atoms with Gasteiger partial charge in [0, 0.05) is 47.9 Å². The average molecular weight is 619 g/mol. The highest BCUT2D eigenvalue weighted by molar-refractivity contribution is 5.87. The molecule has 1 N–H and O–H groups in total. The number of nitrogens with one attached hydrogen (secondary N) is 1. The van der Waals surface area contributed by atoms with Gasteiger partial charge in [-0.2, -0.15) is 0 Å². The first-order valence-corrected chi connectivity index (χ1v) is 15.9. The Kier molecular flexibility index (Phi) is 11.0. The summed E-state index contributed by atoms with van der Waals surface area (Å²) in [6.45, 7) is 18.9. The van der Waals surface area contributed by atoms with E-state index in [1.54, 1.807) is 7.11 Å². The Balaban J connectivity index is 1.63. The van der Waals surface area contributed by atoms with Crippen LogP contribution in [-0.2, 0) is 14.3 Å². The van der Waals surface area contributed by atoms with Gasteiger partial charge in [-0.3, -0.25) is 4.98 Å². The van der Waals surface area contributed by atoms with Gasteiger partial charge in [0.15, 0.2) is 6.10 Å². The summed E-state index contributed by atoms with van der Waals surface area (Å²) in [5.74, 6) is 1.91. The summed E-state index contributed by atoms with van der Waals surface area (Å²) in [6, 6.07) is 11.5. The van der Waals surface area contributed by atoms with Crippen molar-refractivity contribution in [2.75, 3.05) is 43.6 Å². The van der Waals surface area contributed by atoms with Gasteiger partial charge in [-0.05, 0) is 96.2 Å². The first-order chi connectivity index (χ1) is 21.3. The lowest BCUT2D eigenvalue weighted by molar-refractivity contribution is -0.171. The first kappa shape index (κ1) is 34.0. The smallest absolute Gasteiger partial charge is 0.340 e. The second-order valence-corrected chi connectivity index (χ2v) is 13.6. The minimum Gasteiger partial charge on any atom is -0.497 e. The summed E-state index contributed by atoms with van der Waals surface area (Å²) in [4.78, 5) is 25.5. The number of hydrogen-bond acceptors (Lipinski definition) is 9. The summed E-state index contributed by atoms with van der Waals surface area (Å²) < 4.78 is 23.2. The number of rotatable bonds is 12. The topological polar surface area (TPSA) is 95.0 Å². The lowest BCUT2D eigenvalue weighted by Gasteiger charge is -2.41. The fourth-order valence-corrected chi connectivity index (χ4v) is 5.36. The molecule has 3 aromatic rings. The molecule has 1 aliphatic heterocycles. The molecule has 244 valence electrons. The van der Waals surface area contributed by atoms with Gasteiger partial charge in [0.05, 0.1) is 31.0 Å². The number of piperidine rings is 1. The highest BCUT2D eigenvalue weighted by Gasteiger charge is 2.37. The molecule has 1 atom stereocenters. The molecule has 1 aromatic carbocycles. The van der Waals surface area contributed by atoms with Gasteiger partial charge < -0.3 is 29.2 Å². The highest BCUT2D eigenvalue weighted by Crippen LogP contribution is 2.43. The molecule has 1 fully saturated rings. The van der Waals surface area contributed by atoms with E-state index in [0.29, 0.717) is 13.2 Å². The third-order valence-electron chi connectivity index (χ3n) is 7.83. The molecule has 0 radical (unpaired) electrons. The molecule has 4 rings (SSSR count). The van der Waals surface area contributed by atoms with Crippen LogP contribution in [0.1, 0.15) is 78.7 Å². The van der Waals surface area contributed by atoms with Crippen LogP contribution in [0.2, 0.25) is 0 Å². The van der Waals surface area contributed by atoms with E-state index in [9.17, 15) is 4.79 Å². The number of aromatic nitrogens is 2. The van der Waals surface area contributed by atoms with Crippen molar-refractivity contribution in [3.8, 4) is 22.6 Å². The van der Waals surface area contributed by atoms with E-state index in [-0.39, 0.29) is 11.5 Å².